The second-order valence-electron chi connectivity index (χ2n) is 21.0. The zero-order valence-corrected chi connectivity index (χ0v) is 45.6. The molecule has 0 aromatic rings. The highest BCUT2D eigenvalue weighted by Crippen LogP contribution is 2.36. The molecule has 388 valence electrons. The number of carbonyl (C=O) groups excluding carboxylic acids is 1. The Labute approximate surface area is 413 Å². The molecule has 0 aromatic heterocycles. The van der Waals surface area contributed by atoms with Gasteiger partial charge in [0.1, 0.15) is 0 Å². The fourth-order valence-corrected chi connectivity index (χ4v) is 11.2. The third kappa shape index (κ3) is 48.1. The molecule has 0 radical (unpaired) electrons. The fraction of sp³-hybridized carbons (Fsp3) is 0.967. The van der Waals surface area contributed by atoms with Gasteiger partial charge in [0, 0.05) is 11.5 Å². The molecule has 0 heterocycles. The van der Waals surface area contributed by atoms with Gasteiger partial charge in [0.2, 0.25) is 0 Å². The minimum absolute atomic E-state index is 0.116. The molecule has 0 rings (SSSR count). The van der Waals surface area contributed by atoms with E-state index in [1.54, 1.807) is 11.8 Å². The van der Waals surface area contributed by atoms with Gasteiger partial charge in [-0.3, -0.25) is 9.59 Å². The van der Waals surface area contributed by atoms with Gasteiger partial charge in [0.15, 0.2) is 0 Å². The van der Waals surface area contributed by atoms with Crippen molar-refractivity contribution in [3.05, 3.63) is 0 Å². The number of aliphatic carboxylic acids is 1. The van der Waals surface area contributed by atoms with Crippen LogP contribution in [0.5, 0.6) is 0 Å². The third-order valence-corrected chi connectivity index (χ3v) is 15.8. The molecule has 0 fully saturated rings. The number of carboxylic acids is 1. The van der Waals surface area contributed by atoms with Crippen molar-refractivity contribution in [1.29, 1.82) is 0 Å². The van der Waals surface area contributed by atoms with E-state index in [1.165, 1.54) is 270 Å². The summed E-state index contributed by atoms with van der Waals surface area (Å²) in [6, 6.07) is 0. The maximum Gasteiger partial charge on any atom is 0.310 e. The second kappa shape index (κ2) is 54.2. The van der Waals surface area contributed by atoms with Crippen LogP contribution in [0.25, 0.3) is 0 Å². The summed E-state index contributed by atoms with van der Waals surface area (Å²) in [5.74, 6) is 0.546. The minimum atomic E-state index is -0.672. The highest BCUT2D eigenvalue weighted by atomic mass is 32.2. The van der Waals surface area contributed by atoms with E-state index in [0.29, 0.717) is 24.5 Å². The van der Waals surface area contributed by atoms with E-state index >= 15 is 0 Å². The van der Waals surface area contributed by atoms with Crippen LogP contribution in [-0.4, -0.2) is 35.2 Å². The number of carbonyl (C=O) groups is 2. The first-order valence-electron chi connectivity index (χ1n) is 30.0. The van der Waals surface area contributed by atoms with Gasteiger partial charge in [-0.2, -0.15) is 11.8 Å². The number of carboxylic acid groups (broad SMARTS) is 1. The second-order valence-corrected chi connectivity index (χ2v) is 22.1. The van der Waals surface area contributed by atoms with E-state index < -0.39 is 11.4 Å². The van der Waals surface area contributed by atoms with Crippen molar-refractivity contribution in [1.82, 2.24) is 0 Å². The van der Waals surface area contributed by atoms with E-state index in [-0.39, 0.29) is 5.97 Å². The first-order valence-corrected chi connectivity index (χ1v) is 31.1. The summed E-state index contributed by atoms with van der Waals surface area (Å²) in [6.45, 7) is 7.40. The predicted molar refractivity (Wildman–Crippen MR) is 291 cm³/mol. The molecule has 0 saturated heterocycles. The average molecular weight is 936 g/mol. The third-order valence-electron chi connectivity index (χ3n) is 14.6. The van der Waals surface area contributed by atoms with Gasteiger partial charge in [-0.1, -0.05) is 323 Å². The van der Waals surface area contributed by atoms with Crippen LogP contribution in [0.4, 0.5) is 0 Å². The molecule has 0 aliphatic heterocycles. The van der Waals surface area contributed by atoms with Crippen molar-refractivity contribution in [2.24, 2.45) is 5.41 Å². The highest BCUT2D eigenvalue weighted by Gasteiger charge is 2.37. The summed E-state index contributed by atoms with van der Waals surface area (Å²) in [7, 11) is 0. The first kappa shape index (κ1) is 64.3. The topological polar surface area (TPSA) is 63.6 Å². The number of hydrogen-bond donors (Lipinski definition) is 1. The van der Waals surface area contributed by atoms with E-state index in [4.69, 9.17) is 4.74 Å². The van der Waals surface area contributed by atoms with Gasteiger partial charge in [-0.25, -0.2) is 0 Å². The highest BCUT2D eigenvalue weighted by molar-refractivity contribution is 7.99. The Morgan fingerprint density at radius 2 is 0.585 bits per heavy atom. The molecule has 0 amide bonds. The van der Waals surface area contributed by atoms with Crippen LogP contribution in [-0.2, 0) is 14.3 Å². The van der Waals surface area contributed by atoms with E-state index in [2.05, 4.69) is 20.8 Å². The van der Waals surface area contributed by atoms with Gasteiger partial charge in [-0.15, -0.1) is 0 Å². The summed E-state index contributed by atoms with van der Waals surface area (Å²) in [4.78, 5) is 25.6. The minimum Gasteiger partial charge on any atom is -0.481 e. The van der Waals surface area contributed by atoms with Crippen LogP contribution in [0.15, 0.2) is 0 Å². The molecule has 0 aromatic carbocycles. The molecule has 0 atom stereocenters. The van der Waals surface area contributed by atoms with Crippen molar-refractivity contribution >= 4 is 23.7 Å². The standard InChI is InChI=1S/C60H118O4S/c1-4-7-10-13-16-19-22-25-28-31-34-37-40-43-46-49-53-60(59(62)63,54-50-47-44-41-38-35-32-29-26-23-20-17-14-11-8-5-2)57-65-56-52-58(61)64-55-51-48-45-42-39-36-33-30-27-24-21-18-15-12-9-6-3/h4-57H2,1-3H3,(H,62,63). The smallest absolute Gasteiger partial charge is 0.310 e. The molecule has 0 unspecified atom stereocenters. The summed E-state index contributed by atoms with van der Waals surface area (Å²) >= 11 is 1.68. The number of rotatable bonds is 57. The Morgan fingerprint density at radius 3 is 0.831 bits per heavy atom. The summed E-state index contributed by atoms with van der Waals surface area (Å²) in [5, 5.41) is 10.7. The van der Waals surface area contributed by atoms with Crippen LogP contribution in [0.2, 0.25) is 0 Å². The Bertz CT molecular complexity index is 902. The Morgan fingerprint density at radius 1 is 0.354 bits per heavy atom. The summed E-state index contributed by atoms with van der Waals surface area (Å²) < 4.78 is 5.60. The van der Waals surface area contributed by atoms with Crippen LogP contribution >= 0.6 is 11.8 Å². The molecule has 0 spiro atoms. The molecule has 65 heavy (non-hydrogen) atoms. The van der Waals surface area contributed by atoms with Crippen LogP contribution in [0, 0.1) is 5.41 Å². The fourth-order valence-electron chi connectivity index (χ4n) is 9.90. The Balaban J connectivity index is 4.37. The average Bonchev–Trinajstić information content (AvgIpc) is 3.30. The molecule has 0 bridgehead atoms. The van der Waals surface area contributed by atoms with Crippen LogP contribution in [0.1, 0.15) is 348 Å². The SMILES string of the molecule is CCCCCCCCCCCCCCCCCCOC(=O)CCSCC(CCCCCCCCCCCCCCCCCC)(CCCCCCCCCCCCCCCCCC)C(=O)O. The number of ether oxygens (including phenoxy) is 1. The summed E-state index contributed by atoms with van der Waals surface area (Å²) in [6.07, 6.45) is 66.1. The van der Waals surface area contributed by atoms with Gasteiger partial charge in [-0.05, 0) is 19.3 Å². The van der Waals surface area contributed by atoms with Crippen LogP contribution < -0.4 is 0 Å². The number of hydrogen-bond acceptors (Lipinski definition) is 4. The number of esters is 1. The lowest BCUT2D eigenvalue weighted by Crippen LogP contribution is -2.34. The lowest BCUT2D eigenvalue weighted by atomic mass is 9.79. The molecule has 0 saturated carbocycles. The number of unbranched alkanes of at least 4 members (excludes halogenated alkanes) is 45. The Hall–Kier alpha value is -0.710. The lowest BCUT2D eigenvalue weighted by Gasteiger charge is -2.29. The van der Waals surface area contributed by atoms with E-state index in [9.17, 15) is 14.7 Å². The zero-order valence-electron chi connectivity index (χ0n) is 44.8. The van der Waals surface area contributed by atoms with Crippen molar-refractivity contribution in [2.45, 2.75) is 348 Å². The van der Waals surface area contributed by atoms with E-state index in [1.807, 2.05) is 0 Å². The quantitative estimate of drug-likeness (QED) is 0.0486. The molecule has 1 N–H and O–H groups in total. The predicted octanol–water partition coefficient (Wildman–Crippen LogP) is 21.3. The summed E-state index contributed by atoms with van der Waals surface area (Å²) in [5.41, 5.74) is -0.672. The Kier molecular flexibility index (Phi) is 53.6. The molecular formula is C60H118O4S. The first-order chi connectivity index (χ1) is 32.0. The monoisotopic (exact) mass is 935 g/mol. The normalized spacial score (nSPS) is 11.8. The van der Waals surface area contributed by atoms with Crippen molar-refractivity contribution < 1.29 is 19.4 Å². The van der Waals surface area contributed by atoms with Crippen LogP contribution in [0.3, 0.4) is 0 Å². The maximum atomic E-state index is 13.0. The van der Waals surface area contributed by atoms with Crippen molar-refractivity contribution in [3.8, 4) is 0 Å². The maximum absolute atomic E-state index is 13.0. The molecule has 4 nitrogen and oxygen atoms in total. The molecule has 0 aliphatic carbocycles. The van der Waals surface area contributed by atoms with Gasteiger partial charge < -0.3 is 9.84 Å². The van der Waals surface area contributed by atoms with E-state index in [0.717, 1.165) is 51.4 Å². The molecular weight excluding hydrogens is 817 g/mol. The van der Waals surface area contributed by atoms with Gasteiger partial charge in [0.05, 0.1) is 18.4 Å². The molecule has 0 aliphatic rings. The molecule has 5 heteroatoms. The van der Waals surface area contributed by atoms with Gasteiger partial charge >= 0.3 is 11.9 Å². The zero-order chi connectivity index (χ0) is 47.3. The largest absolute Gasteiger partial charge is 0.481 e. The van der Waals surface area contributed by atoms with Crippen molar-refractivity contribution in [3.63, 3.8) is 0 Å². The number of thioether (sulfide) groups is 1. The van der Waals surface area contributed by atoms with Gasteiger partial charge in [0.25, 0.3) is 0 Å². The van der Waals surface area contributed by atoms with Crippen molar-refractivity contribution in [2.75, 3.05) is 18.1 Å². The lowest BCUT2D eigenvalue weighted by molar-refractivity contribution is -0.148.